The van der Waals surface area contributed by atoms with Gasteiger partial charge >= 0.3 is 5.97 Å². The van der Waals surface area contributed by atoms with Crippen LogP contribution >= 0.6 is 11.6 Å². The molecule has 5 rings (SSSR count). The van der Waals surface area contributed by atoms with Gasteiger partial charge < -0.3 is 14.8 Å². The minimum Gasteiger partial charge on any atom is -0.489 e. The van der Waals surface area contributed by atoms with Gasteiger partial charge in [-0.1, -0.05) is 54.1 Å². The Hall–Kier alpha value is -4.09. The zero-order valence-corrected chi connectivity index (χ0v) is 20.3. The lowest BCUT2D eigenvalue weighted by atomic mass is 10.0. The summed E-state index contributed by atoms with van der Waals surface area (Å²) in [4.78, 5) is 14.8. The number of hydrogen-bond acceptors (Lipinski definition) is 2. The number of aryl methyl sites for hydroxylation is 1. The Bertz CT molecular complexity index is 1580. The fourth-order valence-electron chi connectivity index (χ4n) is 4.29. The smallest absolute Gasteiger partial charge is 0.335 e. The van der Waals surface area contributed by atoms with E-state index in [1.165, 1.54) is 6.07 Å². The summed E-state index contributed by atoms with van der Waals surface area (Å²) in [7, 11) is 0. The normalized spacial score (nSPS) is 11.1. The van der Waals surface area contributed by atoms with E-state index < -0.39 is 11.8 Å². The average Bonchev–Trinajstić information content (AvgIpc) is 3.25. The summed E-state index contributed by atoms with van der Waals surface area (Å²) in [6.45, 7) is 2.13. The van der Waals surface area contributed by atoms with Crippen LogP contribution in [0.15, 0.2) is 84.9 Å². The fourth-order valence-corrected chi connectivity index (χ4v) is 4.56. The van der Waals surface area contributed by atoms with Crippen molar-refractivity contribution in [3.63, 3.8) is 0 Å². The number of fused-ring (bicyclic) bond motifs is 1. The van der Waals surface area contributed by atoms with Crippen LogP contribution in [0.3, 0.4) is 0 Å². The lowest BCUT2D eigenvalue weighted by Crippen LogP contribution is -2.01. The van der Waals surface area contributed by atoms with Crippen molar-refractivity contribution in [2.24, 2.45) is 0 Å². The van der Waals surface area contributed by atoms with Crippen LogP contribution in [0, 0.1) is 12.7 Å². The van der Waals surface area contributed by atoms with Gasteiger partial charge in [-0.15, -0.1) is 0 Å². The first kappa shape index (κ1) is 23.6. The Morgan fingerprint density at radius 1 is 0.944 bits per heavy atom. The maximum atomic E-state index is 15.1. The number of hydrogen-bond donors (Lipinski definition) is 2. The highest BCUT2D eigenvalue weighted by Gasteiger charge is 2.14. The molecule has 0 aliphatic carbocycles. The number of halogens is 2. The van der Waals surface area contributed by atoms with Gasteiger partial charge in [0.05, 0.1) is 10.6 Å². The van der Waals surface area contributed by atoms with Gasteiger partial charge in [0, 0.05) is 40.2 Å². The van der Waals surface area contributed by atoms with Crippen molar-refractivity contribution in [1.82, 2.24) is 4.98 Å². The van der Waals surface area contributed by atoms with E-state index in [9.17, 15) is 9.90 Å². The first-order valence-electron chi connectivity index (χ1n) is 11.5. The molecule has 1 heterocycles. The Morgan fingerprint density at radius 2 is 1.75 bits per heavy atom. The van der Waals surface area contributed by atoms with Crippen LogP contribution in [-0.2, 0) is 13.0 Å². The first-order valence-corrected chi connectivity index (χ1v) is 11.9. The molecule has 0 bridgehead atoms. The molecule has 0 amide bonds. The van der Waals surface area contributed by atoms with Crippen LogP contribution in [-0.4, -0.2) is 16.1 Å². The van der Waals surface area contributed by atoms with E-state index >= 15 is 4.39 Å². The van der Waals surface area contributed by atoms with Gasteiger partial charge in [0.25, 0.3) is 0 Å². The molecule has 0 spiro atoms. The molecule has 0 aliphatic rings. The van der Waals surface area contributed by atoms with E-state index in [-0.39, 0.29) is 0 Å². The zero-order chi connectivity index (χ0) is 25.2. The third kappa shape index (κ3) is 4.97. The summed E-state index contributed by atoms with van der Waals surface area (Å²) in [6, 6.07) is 25.5. The molecule has 1 aromatic heterocycles. The summed E-state index contributed by atoms with van der Waals surface area (Å²) >= 11 is 6.55. The lowest BCUT2D eigenvalue weighted by Gasteiger charge is -2.10. The number of benzene rings is 4. The molecule has 4 nitrogen and oxygen atoms in total. The highest BCUT2D eigenvalue weighted by molar-refractivity contribution is 6.34. The van der Waals surface area contributed by atoms with E-state index in [1.54, 1.807) is 31.2 Å². The SMILES string of the molecule is Cc1ccc(Cc2cc3cc(-c4ccc(OCc5ccccc5)cc4F)c(Cl)cc3[nH]2)cc1C(=O)O. The molecule has 0 radical (unpaired) electrons. The fraction of sp³-hybridized carbons (Fsp3) is 0.100. The summed E-state index contributed by atoms with van der Waals surface area (Å²) in [5.41, 5.74) is 5.61. The third-order valence-corrected chi connectivity index (χ3v) is 6.48. The number of aromatic amines is 1. The zero-order valence-electron chi connectivity index (χ0n) is 19.5. The van der Waals surface area contributed by atoms with Gasteiger partial charge in [-0.2, -0.15) is 0 Å². The predicted molar refractivity (Wildman–Crippen MR) is 140 cm³/mol. The number of carbonyl (C=O) groups is 1. The first-order chi connectivity index (χ1) is 17.4. The maximum absolute atomic E-state index is 15.1. The molecule has 180 valence electrons. The molecular weight excluding hydrogens is 477 g/mol. The molecule has 36 heavy (non-hydrogen) atoms. The molecule has 2 N–H and O–H groups in total. The minimum absolute atomic E-state index is 0.292. The largest absolute Gasteiger partial charge is 0.489 e. The highest BCUT2D eigenvalue weighted by atomic mass is 35.5. The average molecular weight is 500 g/mol. The van der Waals surface area contributed by atoms with Crippen molar-refractivity contribution in [3.8, 4) is 16.9 Å². The maximum Gasteiger partial charge on any atom is 0.335 e. The van der Waals surface area contributed by atoms with E-state index in [4.69, 9.17) is 16.3 Å². The molecule has 0 unspecified atom stereocenters. The number of carboxylic acids is 1. The van der Waals surface area contributed by atoms with Crippen molar-refractivity contribution in [1.29, 1.82) is 0 Å². The third-order valence-electron chi connectivity index (χ3n) is 6.17. The Morgan fingerprint density at radius 3 is 2.50 bits per heavy atom. The Balaban J connectivity index is 1.39. The quantitative estimate of drug-likeness (QED) is 0.240. The molecule has 0 fully saturated rings. The number of aromatic carboxylic acids is 1. The van der Waals surface area contributed by atoms with Crippen LogP contribution in [0.4, 0.5) is 4.39 Å². The molecule has 6 heteroatoms. The Labute approximate surface area is 212 Å². The van der Waals surface area contributed by atoms with Gasteiger partial charge in [0.15, 0.2) is 0 Å². The molecule has 0 saturated heterocycles. The van der Waals surface area contributed by atoms with Crippen LogP contribution < -0.4 is 4.74 Å². The topological polar surface area (TPSA) is 62.3 Å². The van der Waals surface area contributed by atoms with E-state index in [0.29, 0.717) is 40.5 Å². The van der Waals surface area contributed by atoms with E-state index in [2.05, 4.69) is 4.98 Å². The summed E-state index contributed by atoms with van der Waals surface area (Å²) in [5.74, 6) is -0.917. The van der Waals surface area contributed by atoms with E-state index in [1.807, 2.05) is 54.6 Å². The number of carboxylic acid groups (broad SMARTS) is 1. The standard InChI is InChI=1S/C30H23ClFNO3/c1-18-7-8-20(12-25(18)30(34)35)11-22-13-21-14-26(27(31)16-29(21)33-22)24-10-9-23(15-28(24)32)36-17-19-5-3-2-4-6-19/h2-10,12-16,33H,11,17H2,1H3,(H,34,35). The van der Waals surface area contributed by atoms with Crippen molar-refractivity contribution in [3.05, 3.63) is 124 Å². The molecule has 5 aromatic rings. The number of aromatic nitrogens is 1. The van der Waals surface area contributed by atoms with Crippen LogP contribution in [0.25, 0.3) is 22.0 Å². The van der Waals surface area contributed by atoms with Crippen molar-refractivity contribution in [2.45, 2.75) is 20.0 Å². The van der Waals surface area contributed by atoms with Gasteiger partial charge in [0.2, 0.25) is 0 Å². The second-order valence-corrected chi connectivity index (χ2v) is 9.17. The second kappa shape index (κ2) is 9.88. The number of rotatable bonds is 7. The van der Waals surface area contributed by atoms with Gasteiger partial charge in [-0.05, 0) is 60.0 Å². The molecule has 0 aliphatic heterocycles. The highest BCUT2D eigenvalue weighted by Crippen LogP contribution is 2.35. The summed E-state index contributed by atoms with van der Waals surface area (Å²) in [5, 5.41) is 10.7. The summed E-state index contributed by atoms with van der Waals surface area (Å²) < 4.78 is 20.8. The van der Waals surface area contributed by atoms with Crippen molar-refractivity contribution < 1.29 is 19.0 Å². The molecule has 0 atom stereocenters. The van der Waals surface area contributed by atoms with Crippen LogP contribution in [0.5, 0.6) is 5.75 Å². The monoisotopic (exact) mass is 499 g/mol. The van der Waals surface area contributed by atoms with Crippen LogP contribution in [0.1, 0.15) is 32.7 Å². The number of nitrogens with one attached hydrogen (secondary N) is 1. The van der Waals surface area contributed by atoms with Gasteiger partial charge in [-0.25, -0.2) is 9.18 Å². The van der Waals surface area contributed by atoms with Crippen molar-refractivity contribution in [2.75, 3.05) is 0 Å². The lowest BCUT2D eigenvalue weighted by molar-refractivity contribution is 0.0696. The van der Waals surface area contributed by atoms with Gasteiger partial charge in [-0.3, -0.25) is 0 Å². The predicted octanol–water partition coefficient (Wildman–Crippen LogP) is 7.80. The van der Waals surface area contributed by atoms with Crippen molar-refractivity contribution >= 4 is 28.5 Å². The molecular formula is C30H23ClFNO3. The minimum atomic E-state index is -0.944. The summed E-state index contributed by atoms with van der Waals surface area (Å²) in [6.07, 6.45) is 0.532. The molecule has 0 saturated carbocycles. The molecule has 4 aromatic carbocycles. The number of H-pyrrole nitrogens is 1. The second-order valence-electron chi connectivity index (χ2n) is 8.76. The Kier molecular flexibility index (Phi) is 6.49. The van der Waals surface area contributed by atoms with E-state index in [0.717, 1.165) is 33.3 Å². The van der Waals surface area contributed by atoms with Crippen LogP contribution in [0.2, 0.25) is 5.02 Å². The number of ether oxygens (including phenoxy) is 1. The van der Waals surface area contributed by atoms with Gasteiger partial charge in [0.1, 0.15) is 18.2 Å².